The zero-order chi connectivity index (χ0) is 18.4. The first-order chi connectivity index (χ1) is 11.9. The molecule has 6 nitrogen and oxygen atoms in total. The lowest BCUT2D eigenvalue weighted by Crippen LogP contribution is -2.14. The second-order valence-electron chi connectivity index (χ2n) is 4.77. The van der Waals surface area contributed by atoms with E-state index < -0.39 is 11.9 Å². The molecule has 1 amide bonds. The quantitative estimate of drug-likeness (QED) is 0.538. The number of rotatable bonds is 5. The highest BCUT2D eigenvalue weighted by Gasteiger charge is 2.10. The number of hydrogen-bond donors (Lipinski definition) is 3. The molecule has 0 saturated heterocycles. The molecule has 2 rings (SSSR count). The van der Waals surface area contributed by atoms with E-state index in [0.29, 0.717) is 21.4 Å². The van der Waals surface area contributed by atoms with E-state index in [1.54, 1.807) is 24.3 Å². The molecule has 0 atom stereocenters. The van der Waals surface area contributed by atoms with Gasteiger partial charge in [-0.15, -0.1) is 0 Å². The van der Waals surface area contributed by atoms with Crippen molar-refractivity contribution in [1.29, 1.82) is 5.26 Å². The number of nitrogens with zero attached hydrogens (tertiary/aromatic N) is 1. The minimum Gasteiger partial charge on any atom is -0.478 e. The summed E-state index contributed by atoms with van der Waals surface area (Å²) in [7, 11) is 0. The van der Waals surface area contributed by atoms with Gasteiger partial charge in [-0.05, 0) is 42.5 Å². The monoisotopic (exact) mass is 375 g/mol. The van der Waals surface area contributed by atoms with Crippen molar-refractivity contribution in [3.05, 3.63) is 69.8 Å². The molecule has 25 heavy (non-hydrogen) atoms. The van der Waals surface area contributed by atoms with E-state index in [2.05, 4.69) is 10.6 Å². The number of amides is 1. The first-order valence-corrected chi connectivity index (χ1v) is 7.63. The topological polar surface area (TPSA) is 102 Å². The van der Waals surface area contributed by atoms with Crippen LogP contribution in [0.3, 0.4) is 0 Å². The Labute approximate surface area is 153 Å². The average Bonchev–Trinajstić information content (AvgIpc) is 2.58. The number of carbonyl (C=O) groups excluding carboxylic acids is 1. The van der Waals surface area contributed by atoms with Crippen LogP contribution in [0, 0.1) is 11.3 Å². The van der Waals surface area contributed by atoms with Crippen molar-refractivity contribution in [3.63, 3.8) is 0 Å². The average molecular weight is 376 g/mol. The molecule has 0 spiro atoms. The van der Waals surface area contributed by atoms with Gasteiger partial charge in [-0.2, -0.15) is 5.26 Å². The first-order valence-electron chi connectivity index (χ1n) is 6.87. The van der Waals surface area contributed by atoms with Gasteiger partial charge < -0.3 is 15.7 Å². The Morgan fingerprint density at radius 1 is 1.12 bits per heavy atom. The van der Waals surface area contributed by atoms with Crippen LogP contribution in [-0.4, -0.2) is 17.0 Å². The molecule has 3 N–H and O–H groups in total. The molecule has 0 bridgehead atoms. The van der Waals surface area contributed by atoms with Gasteiger partial charge in [0.1, 0.15) is 11.6 Å². The fourth-order valence-electron chi connectivity index (χ4n) is 1.80. The molecule has 0 aromatic heterocycles. The predicted octanol–water partition coefficient (Wildman–Crippen LogP) is 4.15. The Bertz CT molecular complexity index is 887. The summed E-state index contributed by atoms with van der Waals surface area (Å²) in [6, 6.07) is 12.1. The fourth-order valence-corrected chi connectivity index (χ4v) is 2.15. The van der Waals surface area contributed by atoms with Crippen LogP contribution in [0.4, 0.5) is 11.4 Å². The molecule has 0 unspecified atom stereocenters. The maximum atomic E-state index is 12.1. The molecule has 0 aliphatic carbocycles. The van der Waals surface area contributed by atoms with Gasteiger partial charge in [-0.25, -0.2) is 4.79 Å². The van der Waals surface area contributed by atoms with Gasteiger partial charge >= 0.3 is 5.97 Å². The van der Waals surface area contributed by atoms with Gasteiger partial charge in [-0.3, -0.25) is 4.79 Å². The van der Waals surface area contributed by atoms with Crippen molar-refractivity contribution >= 4 is 46.5 Å². The minimum atomic E-state index is -1.07. The van der Waals surface area contributed by atoms with Crippen molar-refractivity contribution < 1.29 is 14.7 Å². The zero-order valence-corrected chi connectivity index (χ0v) is 14.1. The van der Waals surface area contributed by atoms with Crippen LogP contribution in [0.25, 0.3) is 0 Å². The van der Waals surface area contributed by atoms with Crippen LogP contribution in [0.1, 0.15) is 10.4 Å². The lowest BCUT2D eigenvalue weighted by molar-refractivity contribution is -0.112. The van der Waals surface area contributed by atoms with E-state index in [1.807, 2.05) is 0 Å². The first kappa shape index (κ1) is 18.3. The largest absolute Gasteiger partial charge is 0.478 e. The van der Waals surface area contributed by atoms with Crippen LogP contribution in [0.2, 0.25) is 10.0 Å². The van der Waals surface area contributed by atoms with Crippen LogP contribution in [0.5, 0.6) is 0 Å². The summed E-state index contributed by atoms with van der Waals surface area (Å²) in [5, 5.41) is 24.1. The molecular weight excluding hydrogens is 365 g/mol. The summed E-state index contributed by atoms with van der Waals surface area (Å²) in [4.78, 5) is 22.9. The standard InChI is InChI=1S/C17H11Cl2N3O3/c18-12-3-6-14(19)15(7-12)21-9-11(8-20)16(23)22-13-4-1-10(2-5-13)17(24)25/h1-7,9,21H,(H,22,23)(H,24,25)/b11-9-. The molecule has 0 aliphatic rings. The van der Waals surface area contributed by atoms with E-state index in [0.717, 1.165) is 0 Å². The number of aromatic carboxylic acids is 1. The Morgan fingerprint density at radius 2 is 1.80 bits per heavy atom. The van der Waals surface area contributed by atoms with Crippen molar-refractivity contribution in [2.45, 2.75) is 0 Å². The van der Waals surface area contributed by atoms with E-state index in [-0.39, 0.29) is 11.1 Å². The fraction of sp³-hybridized carbons (Fsp3) is 0. The van der Waals surface area contributed by atoms with Crippen LogP contribution in [-0.2, 0) is 4.79 Å². The third-order valence-corrected chi connectivity index (χ3v) is 3.62. The molecule has 0 aliphatic heterocycles. The summed E-state index contributed by atoms with van der Waals surface area (Å²) in [6.07, 6.45) is 1.21. The van der Waals surface area contributed by atoms with Crippen molar-refractivity contribution in [2.75, 3.05) is 10.6 Å². The SMILES string of the molecule is N#C/C(=C/Nc1cc(Cl)ccc1Cl)C(=O)Nc1ccc(C(=O)O)cc1. The third-order valence-electron chi connectivity index (χ3n) is 3.06. The van der Waals surface area contributed by atoms with Crippen LogP contribution < -0.4 is 10.6 Å². The number of nitrogens with one attached hydrogen (secondary N) is 2. The molecule has 0 fully saturated rings. The number of nitriles is 1. The second kappa shape index (κ2) is 8.20. The summed E-state index contributed by atoms with van der Waals surface area (Å²) in [5.41, 5.74) is 0.696. The summed E-state index contributed by atoms with van der Waals surface area (Å²) in [5.74, 6) is -1.73. The Kier molecular flexibility index (Phi) is 6.01. The zero-order valence-electron chi connectivity index (χ0n) is 12.6. The maximum absolute atomic E-state index is 12.1. The summed E-state index contributed by atoms with van der Waals surface area (Å²) in [6.45, 7) is 0. The van der Waals surface area contributed by atoms with Gasteiger partial charge in [0.25, 0.3) is 5.91 Å². The number of hydrogen-bond acceptors (Lipinski definition) is 4. The number of halogens is 2. The van der Waals surface area contributed by atoms with E-state index in [1.165, 1.54) is 30.5 Å². The van der Waals surface area contributed by atoms with E-state index in [4.69, 9.17) is 33.6 Å². The second-order valence-corrected chi connectivity index (χ2v) is 5.62. The van der Waals surface area contributed by atoms with Crippen molar-refractivity contribution in [1.82, 2.24) is 0 Å². The summed E-state index contributed by atoms with van der Waals surface area (Å²) >= 11 is 11.9. The maximum Gasteiger partial charge on any atom is 0.335 e. The molecule has 8 heteroatoms. The predicted molar refractivity (Wildman–Crippen MR) is 95.8 cm³/mol. The van der Waals surface area contributed by atoms with E-state index in [9.17, 15) is 9.59 Å². The minimum absolute atomic E-state index is 0.0892. The number of carboxylic acid groups (broad SMARTS) is 1. The normalized spacial score (nSPS) is 10.7. The number of anilines is 2. The lowest BCUT2D eigenvalue weighted by atomic mass is 10.2. The number of carbonyl (C=O) groups is 2. The van der Waals surface area contributed by atoms with Crippen LogP contribution in [0.15, 0.2) is 54.2 Å². The lowest BCUT2D eigenvalue weighted by Gasteiger charge is -2.07. The highest BCUT2D eigenvalue weighted by Crippen LogP contribution is 2.25. The van der Waals surface area contributed by atoms with Crippen LogP contribution >= 0.6 is 23.2 Å². The molecule has 2 aromatic carbocycles. The van der Waals surface area contributed by atoms with Crippen molar-refractivity contribution in [2.24, 2.45) is 0 Å². The molecule has 0 saturated carbocycles. The van der Waals surface area contributed by atoms with E-state index >= 15 is 0 Å². The number of carboxylic acids is 1. The molecule has 0 heterocycles. The van der Waals surface area contributed by atoms with Gasteiger partial charge in [0.15, 0.2) is 0 Å². The van der Waals surface area contributed by atoms with Gasteiger partial charge in [0.05, 0.1) is 16.3 Å². The van der Waals surface area contributed by atoms with Gasteiger partial charge in [0.2, 0.25) is 0 Å². The Morgan fingerprint density at radius 3 is 2.40 bits per heavy atom. The molecule has 2 aromatic rings. The van der Waals surface area contributed by atoms with Gasteiger partial charge in [0, 0.05) is 16.9 Å². The van der Waals surface area contributed by atoms with Crippen molar-refractivity contribution in [3.8, 4) is 6.07 Å². The molecule has 126 valence electrons. The Hall–Kier alpha value is -3.01. The Balaban J connectivity index is 2.11. The third kappa shape index (κ3) is 4.98. The summed E-state index contributed by atoms with van der Waals surface area (Å²) < 4.78 is 0. The molecule has 0 radical (unpaired) electrons. The molecular formula is C17H11Cl2N3O3. The highest BCUT2D eigenvalue weighted by molar-refractivity contribution is 6.35. The smallest absolute Gasteiger partial charge is 0.335 e. The highest BCUT2D eigenvalue weighted by atomic mass is 35.5. The number of benzene rings is 2. The van der Waals surface area contributed by atoms with Gasteiger partial charge in [-0.1, -0.05) is 23.2 Å².